The van der Waals surface area contributed by atoms with Crippen LogP contribution in [0.3, 0.4) is 0 Å². The van der Waals surface area contributed by atoms with Crippen LogP contribution in [0.1, 0.15) is 12.8 Å². The van der Waals surface area contributed by atoms with Crippen LogP contribution >= 0.6 is 0 Å². The molecule has 18 heavy (non-hydrogen) atoms. The molecule has 2 N–H and O–H groups in total. The van der Waals surface area contributed by atoms with Gasteiger partial charge < -0.3 is 14.9 Å². The van der Waals surface area contributed by atoms with Crippen molar-refractivity contribution in [1.29, 1.82) is 0 Å². The van der Waals surface area contributed by atoms with Gasteiger partial charge in [-0.05, 0) is 37.0 Å². The average molecular weight is 248 g/mol. The molecule has 1 aliphatic rings. The third kappa shape index (κ3) is 2.01. The first-order valence-corrected chi connectivity index (χ1v) is 6.20. The molecule has 5 nitrogen and oxygen atoms in total. The monoisotopic (exact) mass is 248 g/mol. The summed E-state index contributed by atoms with van der Waals surface area (Å²) in [5.41, 5.74) is 7.78. The summed E-state index contributed by atoms with van der Waals surface area (Å²) in [5, 5.41) is 0. The van der Waals surface area contributed by atoms with E-state index in [9.17, 15) is 4.79 Å². The Labute approximate surface area is 104 Å². The second kappa shape index (κ2) is 4.49. The lowest BCUT2D eigenvalue weighted by atomic mass is 10.0. The Morgan fingerprint density at radius 3 is 2.89 bits per heavy atom. The van der Waals surface area contributed by atoms with E-state index >= 15 is 0 Å². The van der Waals surface area contributed by atoms with Crippen molar-refractivity contribution in [3.05, 3.63) is 28.7 Å². The number of hydrogen-bond acceptors (Lipinski definition) is 4. The van der Waals surface area contributed by atoms with Gasteiger partial charge in [0, 0.05) is 25.4 Å². The molecule has 1 aromatic heterocycles. The maximum atomic E-state index is 11.8. The summed E-state index contributed by atoms with van der Waals surface area (Å²) in [6, 6.07) is 5.27. The standard InChI is InChI=1S/C13H16N2O3/c14-10-1-2-12-11(7-10)15(13(16)18-12)8-9-3-5-17-6-4-9/h1-2,7,9H,3-6,8,14H2. The topological polar surface area (TPSA) is 70.4 Å². The molecule has 0 saturated carbocycles. The van der Waals surface area contributed by atoms with Gasteiger partial charge in [0.15, 0.2) is 5.58 Å². The molecule has 0 unspecified atom stereocenters. The number of ether oxygens (including phenoxy) is 1. The second-order valence-corrected chi connectivity index (χ2v) is 4.76. The Morgan fingerprint density at radius 1 is 1.33 bits per heavy atom. The van der Waals surface area contributed by atoms with E-state index in [0.29, 0.717) is 23.7 Å². The molecular weight excluding hydrogens is 232 g/mol. The van der Waals surface area contributed by atoms with Gasteiger partial charge in [0.05, 0.1) is 5.52 Å². The number of fused-ring (bicyclic) bond motifs is 1. The van der Waals surface area contributed by atoms with Crippen molar-refractivity contribution in [2.45, 2.75) is 19.4 Å². The summed E-state index contributed by atoms with van der Waals surface area (Å²) < 4.78 is 12.2. The zero-order valence-electron chi connectivity index (χ0n) is 10.1. The molecule has 1 saturated heterocycles. The normalized spacial score (nSPS) is 17.3. The van der Waals surface area contributed by atoms with E-state index in [4.69, 9.17) is 14.9 Å². The van der Waals surface area contributed by atoms with E-state index in [1.54, 1.807) is 22.8 Å². The van der Waals surface area contributed by atoms with Gasteiger partial charge in [-0.1, -0.05) is 0 Å². The molecule has 1 aliphatic heterocycles. The average Bonchev–Trinajstić information content (AvgIpc) is 2.67. The first kappa shape index (κ1) is 11.3. The fourth-order valence-electron chi connectivity index (χ4n) is 2.44. The van der Waals surface area contributed by atoms with Crippen molar-refractivity contribution < 1.29 is 9.15 Å². The lowest BCUT2D eigenvalue weighted by Crippen LogP contribution is -2.24. The molecule has 0 aliphatic carbocycles. The fourth-order valence-corrected chi connectivity index (χ4v) is 2.44. The smallest absolute Gasteiger partial charge is 0.408 e. The molecule has 96 valence electrons. The van der Waals surface area contributed by atoms with Crippen molar-refractivity contribution in [3.8, 4) is 0 Å². The molecule has 3 rings (SSSR count). The summed E-state index contributed by atoms with van der Waals surface area (Å²) >= 11 is 0. The van der Waals surface area contributed by atoms with Crippen LogP contribution in [0.15, 0.2) is 27.4 Å². The minimum absolute atomic E-state index is 0.304. The summed E-state index contributed by atoms with van der Waals surface area (Å²) in [4.78, 5) is 11.8. The van der Waals surface area contributed by atoms with Crippen LogP contribution in [0, 0.1) is 5.92 Å². The minimum Gasteiger partial charge on any atom is -0.408 e. The number of hydrogen-bond donors (Lipinski definition) is 1. The van der Waals surface area contributed by atoms with Crippen LogP contribution in [0.4, 0.5) is 5.69 Å². The zero-order chi connectivity index (χ0) is 12.5. The maximum absolute atomic E-state index is 11.8. The first-order chi connectivity index (χ1) is 8.74. The molecule has 0 radical (unpaired) electrons. The van der Waals surface area contributed by atoms with Gasteiger partial charge in [-0.3, -0.25) is 4.57 Å². The van der Waals surface area contributed by atoms with E-state index in [1.807, 2.05) is 0 Å². The molecule has 2 heterocycles. The molecule has 0 amide bonds. The number of nitrogen functional groups attached to an aromatic ring is 1. The molecule has 0 atom stereocenters. The van der Waals surface area contributed by atoms with E-state index in [1.165, 1.54) is 0 Å². The Hall–Kier alpha value is -1.75. The highest BCUT2D eigenvalue weighted by atomic mass is 16.5. The van der Waals surface area contributed by atoms with Gasteiger partial charge in [-0.25, -0.2) is 4.79 Å². The van der Waals surface area contributed by atoms with E-state index in [-0.39, 0.29) is 5.76 Å². The number of aromatic nitrogens is 1. The minimum atomic E-state index is -0.304. The molecular formula is C13H16N2O3. The Balaban J connectivity index is 1.97. The molecule has 1 aromatic carbocycles. The fraction of sp³-hybridized carbons (Fsp3) is 0.462. The number of oxazole rings is 1. The third-order valence-electron chi connectivity index (χ3n) is 3.47. The van der Waals surface area contributed by atoms with Gasteiger partial charge >= 0.3 is 5.76 Å². The van der Waals surface area contributed by atoms with E-state index in [0.717, 1.165) is 31.6 Å². The number of anilines is 1. The van der Waals surface area contributed by atoms with Crippen LogP contribution < -0.4 is 11.5 Å². The predicted octanol–water partition coefficient (Wildman–Crippen LogP) is 1.60. The number of rotatable bonds is 2. The Morgan fingerprint density at radius 2 is 2.11 bits per heavy atom. The Bertz CT molecular complexity index is 608. The van der Waals surface area contributed by atoms with Gasteiger partial charge in [0.2, 0.25) is 0 Å². The molecule has 2 aromatic rings. The van der Waals surface area contributed by atoms with Gasteiger partial charge in [-0.2, -0.15) is 0 Å². The van der Waals surface area contributed by atoms with Gasteiger partial charge in [0.1, 0.15) is 0 Å². The molecule has 0 bridgehead atoms. The van der Waals surface area contributed by atoms with Crippen molar-refractivity contribution in [2.75, 3.05) is 18.9 Å². The third-order valence-corrected chi connectivity index (χ3v) is 3.47. The van der Waals surface area contributed by atoms with Gasteiger partial charge in [-0.15, -0.1) is 0 Å². The van der Waals surface area contributed by atoms with Crippen molar-refractivity contribution in [3.63, 3.8) is 0 Å². The van der Waals surface area contributed by atoms with Crippen LogP contribution in [-0.2, 0) is 11.3 Å². The second-order valence-electron chi connectivity index (χ2n) is 4.76. The molecule has 5 heteroatoms. The van der Waals surface area contributed by atoms with Crippen molar-refractivity contribution in [1.82, 2.24) is 4.57 Å². The maximum Gasteiger partial charge on any atom is 0.419 e. The zero-order valence-corrected chi connectivity index (χ0v) is 10.1. The van der Waals surface area contributed by atoms with Crippen molar-refractivity contribution >= 4 is 16.8 Å². The molecule has 1 fully saturated rings. The molecule has 0 spiro atoms. The number of benzene rings is 1. The number of nitrogens with two attached hydrogens (primary N) is 1. The van der Waals surface area contributed by atoms with Crippen molar-refractivity contribution in [2.24, 2.45) is 5.92 Å². The number of nitrogens with zero attached hydrogens (tertiary/aromatic N) is 1. The van der Waals surface area contributed by atoms with Crippen LogP contribution in [0.2, 0.25) is 0 Å². The summed E-state index contributed by atoms with van der Waals surface area (Å²) in [5.74, 6) is 0.167. The first-order valence-electron chi connectivity index (χ1n) is 6.20. The summed E-state index contributed by atoms with van der Waals surface area (Å²) in [7, 11) is 0. The van der Waals surface area contributed by atoms with E-state index in [2.05, 4.69) is 0 Å². The quantitative estimate of drug-likeness (QED) is 0.819. The highest BCUT2D eigenvalue weighted by Crippen LogP contribution is 2.21. The van der Waals surface area contributed by atoms with Crippen LogP contribution in [-0.4, -0.2) is 17.8 Å². The van der Waals surface area contributed by atoms with Gasteiger partial charge in [0.25, 0.3) is 0 Å². The van der Waals surface area contributed by atoms with E-state index < -0.39 is 0 Å². The summed E-state index contributed by atoms with van der Waals surface area (Å²) in [6.45, 7) is 2.23. The SMILES string of the molecule is Nc1ccc2oc(=O)n(CC3CCOCC3)c2c1. The predicted molar refractivity (Wildman–Crippen MR) is 68.4 cm³/mol. The van der Waals surface area contributed by atoms with Crippen LogP contribution in [0.25, 0.3) is 11.1 Å². The highest BCUT2D eigenvalue weighted by Gasteiger charge is 2.18. The lowest BCUT2D eigenvalue weighted by Gasteiger charge is -2.21. The Kier molecular flexibility index (Phi) is 2.83. The largest absolute Gasteiger partial charge is 0.419 e. The summed E-state index contributed by atoms with van der Waals surface area (Å²) in [6.07, 6.45) is 1.98. The van der Waals surface area contributed by atoms with Crippen LogP contribution in [0.5, 0.6) is 0 Å². The lowest BCUT2D eigenvalue weighted by molar-refractivity contribution is 0.0610. The highest BCUT2D eigenvalue weighted by molar-refractivity contribution is 5.76.